The Hall–Kier alpha value is -1.09. The van der Waals surface area contributed by atoms with E-state index in [-0.39, 0.29) is 0 Å². The van der Waals surface area contributed by atoms with Gasteiger partial charge in [-0.1, -0.05) is 24.4 Å². The van der Waals surface area contributed by atoms with Crippen molar-refractivity contribution in [2.75, 3.05) is 7.11 Å². The second-order valence-corrected chi connectivity index (χ2v) is 3.02. The molecule has 0 aliphatic heterocycles. The van der Waals surface area contributed by atoms with Crippen LogP contribution >= 0.6 is 12.2 Å². The van der Waals surface area contributed by atoms with E-state index in [4.69, 9.17) is 22.7 Å². The summed E-state index contributed by atoms with van der Waals surface area (Å²) in [5.74, 6) is 0.849. The van der Waals surface area contributed by atoms with Gasteiger partial charge in [-0.2, -0.15) is 0 Å². The first-order chi connectivity index (χ1) is 5.72. The molecule has 0 heterocycles. The number of benzene rings is 1. The minimum absolute atomic E-state index is 0.514. The molecule has 0 unspecified atom stereocenters. The molecule has 0 aliphatic rings. The molecule has 0 amide bonds. The van der Waals surface area contributed by atoms with Crippen LogP contribution in [0.15, 0.2) is 24.3 Å². The zero-order chi connectivity index (χ0) is 8.97. The van der Waals surface area contributed by atoms with Crippen LogP contribution in [0.4, 0.5) is 0 Å². The molecule has 3 heteroatoms. The second-order valence-electron chi connectivity index (χ2n) is 2.49. The minimum atomic E-state index is 0.514. The van der Waals surface area contributed by atoms with Crippen LogP contribution in [0.1, 0.15) is 5.56 Å². The normalized spacial score (nSPS) is 9.42. The third kappa shape index (κ3) is 2.51. The number of hydrogen-bond donors (Lipinski definition) is 1. The van der Waals surface area contributed by atoms with Gasteiger partial charge in [-0.3, -0.25) is 0 Å². The second kappa shape index (κ2) is 4.07. The van der Waals surface area contributed by atoms with Gasteiger partial charge in [-0.05, 0) is 17.7 Å². The third-order valence-corrected chi connectivity index (χ3v) is 1.68. The summed E-state index contributed by atoms with van der Waals surface area (Å²) in [7, 11) is 1.64. The van der Waals surface area contributed by atoms with E-state index in [1.165, 1.54) is 0 Å². The zero-order valence-electron chi connectivity index (χ0n) is 6.91. The molecule has 0 saturated carbocycles. The molecule has 2 N–H and O–H groups in total. The van der Waals surface area contributed by atoms with Crippen LogP contribution in [0.3, 0.4) is 0 Å². The highest BCUT2D eigenvalue weighted by molar-refractivity contribution is 7.80. The summed E-state index contributed by atoms with van der Waals surface area (Å²) >= 11 is 4.79. The van der Waals surface area contributed by atoms with Crippen molar-refractivity contribution in [3.63, 3.8) is 0 Å². The van der Waals surface area contributed by atoms with Gasteiger partial charge < -0.3 is 10.5 Å². The van der Waals surface area contributed by atoms with Crippen LogP contribution < -0.4 is 10.5 Å². The summed E-state index contributed by atoms with van der Waals surface area (Å²) in [4.78, 5) is 0.514. The van der Waals surface area contributed by atoms with Crippen molar-refractivity contribution < 1.29 is 4.74 Å². The Bertz CT molecular complexity index is 268. The van der Waals surface area contributed by atoms with Crippen molar-refractivity contribution in [2.45, 2.75) is 6.42 Å². The van der Waals surface area contributed by atoms with Crippen LogP contribution in [0.2, 0.25) is 0 Å². The van der Waals surface area contributed by atoms with Crippen LogP contribution in [0, 0.1) is 0 Å². The Morgan fingerprint density at radius 1 is 1.42 bits per heavy atom. The molecule has 0 saturated heterocycles. The van der Waals surface area contributed by atoms with E-state index in [9.17, 15) is 0 Å². The van der Waals surface area contributed by atoms with E-state index in [0.29, 0.717) is 11.4 Å². The van der Waals surface area contributed by atoms with Crippen LogP contribution in [-0.4, -0.2) is 12.1 Å². The lowest BCUT2D eigenvalue weighted by atomic mass is 10.1. The summed E-state index contributed by atoms with van der Waals surface area (Å²) in [5, 5.41) is 0. The molecule has 2 nitrogen and oxygen atoms in total. The van der Waals surface area contributed by atoms with Crippen molar-refractivity contribution in [3.05, 3.63) is 29.8 Å². The summed E-state index contributed by atoms with van der Waals surface area (Å²) in [5.41, 5.74) is 6.51. The maximum Gasteiger partial charge on any atom is 0.118 e. The largest absolute Gasteiger partial charge is 0.497 e. The fraction of sp³-hybridized carbons (Fsp3) is 0.222. The smallest absolute Gasteiger partial charge is 0.118 e. The Morgan fingerprint density at radius 2 is 2.00 bits per heavy atom. The van der Waals surface area contributed by atoms with E-state index in [0.717, 1.165) is 11.3 Å². The van der Waals surface area contributed by atoms with Crippen LogP contribution in [-0.2, 0) is 6.42 Å². The SMILES string of the molecule is COc1ccc(CC(N)=S)cc1. The third-order valence-electron chi connectivity index (χ3n) is 1.54. The predicted octanol–water partition coefficient (Wildman–Crippen LogP) is 1.52. The average Bonchev–Trinajstić information content (AvgIpc) is 2.05. The van der Waals surface area contributed by atoms with Gasteiger partial charge in [0.25, 0.3) is 0 Å². The lowest BCUT2D eigenvalue weighted by molar-refractivity contribution is 0.414. The molecule has 0 spiro atoms. The molecule has 0 bridgehead atoms. The molecule has 64 valence electrons. The van der Waals surface area contributed by atoms with Crippen molar-refractivity contribution in [1.29, 1.82) is 0 Å². The monoisotopic (exact) mass is 181 g/mol. The standard InChI is InChI=1S/C9H11NOS/c1-11-8-4-2-7(3-5-8)6-9(10)12/h2-5H,6H2,1H3,(H2,10,12). The lowest BCUT2D eigenvalue weighted by Gasteiger charge is -2.01. The Balaban J connectivity index is 2.71. The molecular weight excluding hydrogens is 170 g/mol. The quantitative estimate of drug-likeness (QED) is 0.718. The van der Waals surface area contributed by atoms with E-state index in [2.05, 4.69) is 0 Å². The average molecular weight is 181 g/mol. The fourth-order valence-corrected chi connectivity index (χ4v) is 1.11. The molecule has 12 heavy (non-hydrogen) atoms. The van der Waals surface area contributed by atoms with Crippen molar-refractivity contribution in [2.24, 2.45) is 5.73 Å². The summed E-state index contributed by atoms with van der Waals surface area (Å²) in [6.07, 6.45) is 0.652. The number of rotatable bonds is 3. The molecule has 1 aromatic rings. The van der Waals surface area contributed by atoms with Gasteiger partial charge in [0.15, 0.2) is 0 Å². The minimum Gasteiger partial charge on any atom is -0.497 e. The number of hydrogen-bond acceptors (Lipinski definition) is 2. The van der Waals surface area contributed by atoms with E-state index in [1.807, 2.05) is 24.3 Å². The molecule has 0 atom stereocenters. The van der Waals surface area contributed by atoms with E-state index < -0.39 is 0 Å². The van der Waals surface area contributed by atoms with Crippen molar-refractivity contribution in [1.82, 2.24) is 0 Å². The summed E-state index contributed by atoms with van der Waals surface area (Å²) < 4.78 is 5.01. The van der Waals surface area contributed by atoms with Gasteiger partial charge in [-0.15, -0.1) is 0 Å². The molecule has 0 fully saturated rings. The van der Waals surface area contributed by atoms with Crippen LogP contribution in [0.5, 0.6) is 5.75 Å². The molecule has 1 aromatic carbocycles. The van der Waals surface area contributed by atoms with Gasteiger partial charge >= 0.3 is 0 Å². The highest BCUT2D eigenvalue weighted by Gasteiger charge is 1.95. The number of thiocarbonyl (C=S) groups is 1. The first-order valence-electron chi connectivity index (χ1n) is 3.63. The molecule has 0 radical (unpaired) electrons. The van der Waals surface area contributed by atoms with E-state index >= 15 is 0 Å². The van der Waals surface area contributed by atoms with Gasteiger partial charge in [-0.25, -0.2) is 0 Å². The van der Waals surface area contributed by atoms with Gasteiger partial charge in [0.1, 0.15) is 5.75 Å². The maximum atomic E-state index is 5.40. The zero-order valence-corrected chi connectivity index (χ0v) is 7.73. The highest BCUT2D eigenvalue weighted by Crippen LogP contribution is 2.11. The fourth-order valence-electron chi connectivity index (χ4n) is 0.945. The molecular formula is C9H11NOS. The molecule has 0 aromatic heterocycles. The van der Waals surface area contributed by atoms with Gasteiger partial charge in [0, 0.05) is 6.42 Å². The van der Waals surface area contributed by atoms with Crippen molar-refractivity contribution >= 4 is 17.2 Å². The molecule has 0 aliphatic carbocycles. The summed E-state index contributed by atoms with van der Waals surface area (Å²) in [6, 6.07) is 7.71. The topological polar surface area (TPSA) is 35.2 Å². The Morgan fingerprint density at radius 3 is 2.42 bits per heavy atom. The lowest BCUT2D eigenvalue weighted by Crippen LogP contribution is -2.10. The predicted molar refractivity (Wildman–Crippen MR) is 53.5 cm³/mol. The number of nitrogens with two attached hydrogens (primary N) is 1. The van der Waals surface area contributed by atoms with Crippen LogP contribution in [0.25, 0.3) is 0 Å². The molecule has 1 rings (SSSR count). The number of methoxy groups -OCH3 is 1. The number of ether oxygens (including phenoxy) is 1. The van der Waals surface area contributed by atoms with Gasteiger partial charge in [0.05, 0.1) is 12.1 Å². The maximum absolute atomic E-state index is 5.40. The van der Waals surface area contributed by atoms with Crippen molar-refractivity contribution in [3.8, 4) is 5.75 Å². The highest BCUT2D eigenvalue weighted by atomic mass is 32.1. The summed E-state index contributed by atoms with van der Waals surface area (Å²) in [6.45, 7) is 0. The Labute approximate surface area is 77.3 Å². The van der Waals surface area contributed by atoms with E-state index in [1.54, 1.807) is 7.11 Å². The first-order valence-corrected chi connectivity index (χ1v) is 4.04. The Kier molecular flexibility index (Phi) is 3.05. The first kappa shape index (κ1) is 9.00. The van der Waals surface area contributed by atoms with Gasteiger partial charge in [0.2, 0.25) is 0 Å².